The molecule has 0 saturated heterocycles. The summed E-state index contributed by atoms with van der Waals surface area (Å²) in [6.07, 6.45) is -0.353. The number of Topliss-reactive ketones (excluding diaryl/α,β-unsaturated/α-hetero) is 1. The van der Waals surface area contributed by atoms with Gasteiger partial charge in [-0.05, 0) is 31.9 Å². The van der Waals surface area contributed by atoms with Gasteiger partial charge in [0.1, 0.15) is 11.6 Å². The summed E-state index contributed by atoms with van der Waals surface area (Å²) >= 11 is 0. The minimum absolute atomic E-state index is 0.0849. The van der Waals surface area contributed by atoms with Crippen LogP contribution in [-0.4, -0.2) is 17.5 Å². The maximum atomic E-state index is 12.7. The fraction of sp³-hybridized carbons (Fsp3) is 0.300. The normalized spacial score (nSPS) is 12.3. The fourth-order valence-electron chi connectivity index (χ4n) is 2.32. The Kier molecular flexibility index (Phi) is 5.74. The number of alkyl carbamates (subject to hydrolysis) is 1. The second-order valence-electron chi connectivity index (χ2n) is 6.62. The van der Waals surface area contributed by atoms with Crippen molar-refractivity contribution in [2.45, 2.75) is 38.8 Å². The third-order valence-corrected chi connectivity index (χ3v) is 3.34. The summed E-state index contributed by atoms with van der Waals surface area (Å²) in [6.45, 7) is 5.36. The number of benzene rings is 2. The van der Waals surface area contributed by atoms with Crippen LogP contribution in [0.3, 0.4) is 0 Å². The van der Waals surface area contributed by atoms with Crippen molar-refractivity contribution in [1.82, 2.24) is 5.32 Å². The molecule has 0 aliphatic carbocycles. The Morgan fingerprint density at radius 2 is 1.50 bits per heavy atom. The van der Waals surface area contributed by atoms with Gasteiger partial charge in [-0.25, -0.2) is 4.79 Å². The van der Waals surface area contributed by atoms with Gasteiger partial charge in [0.05, 0.1) is 0 Å². The predicted molar refractivity (Wildman–Crippen MR) is 93.7 cm³/mol. The molecule has 126 valence electrons. The predicted octanol–water partition coefficient (Wildman–Crippen LogP) is 4.06. The van der Waals surface area contributed by atoms with E-state index in [1.165, 1.54) is 0 Å². The Labute approximate surface area is 142 Å². The quantitative estimate of drug-likeness (QED) is 0.902. The maximum absolute atomic E-state index is 12.7. The van der Waals surface area contributed by atoms with Crippen LogP contribution in [0.2, 0.25) is 0 Å². The van der Waals surface area contributed by atoms with Crippen molar-refractivity contribution < 1.29 is 14.3 Å². The van der Waals surface area contributed by atoms with E-state index < -0.39 is 17.7 Å². The molecule has 1 amide bonds. The maximum Gasteiger partial charge on any atom is 0.408 e. The zero-order valence-electron chi connectivity index (χ0n) is 14.3. The Morgan fingerprint density at radius 1 is 0.958 bits per heavy atom. The monoisotopic (exact) mass is 325 g/mol. The van der Waals surface area contributed by atoms with E-state index in [-0.39, 0.29) is 12.2 Å². The molecule has 0 fully saturated rings. The largest absolute Gasteiger partial charge is 0.444 e. The van der Waals surface area contributed by atoms with Crippen LogP contribution in [0.15, 0.2) is 60.7 Å². The first-order chi connectivity index (χ1) is 11.3. The third-order valence-electron chi connectivity index (χ3n) is 3.34. The summed E-state index contributed by atoms with van der Waals surface area (Å²) in [4.78, 5) is 24.9. The van der Waals surface area contributed by atoms with Crippen molar-refractivity contribution in [2.24, 2.45) is 0 Å². The van der Waals surface area contributed by atoms with Gasteiger partial charge in [0.25, 0.3) is 0 Å². The Morgan fingerprint density at radius 3 is 2.04 bits per heavy atom. The molecule has 0 heterocycles. The summed E-state index contributed by atoms with van der Waals surface area (Å²) in [6, 6.07) is 17.9. The van der Waals surface area contributed by atoms with Crippen LogP contribution in [0.5, 0.6) is 0 Å². The van der Waals surface area contributed by atoms with Crippen molar-refractivity contribution in [3.8, 4) is 0 Å². The molecule has 0 aliphatic heterocycles. The highest BCUT2D eigenvalue weighted by atomic mass is 16.6. The Balaban J connectivity index is 2.17. The molecule has 1 N–H and O–H groups in total. The van der Waals surface area contributed by atoms with Gasteiger partial charge in [0, 0.05) is 6.42 Å². The van der Waals surface area contributed by atoms with Crippen LogP contribution in [-0.2, 0) is 16.0 Å². The molecule has 2 aromatic rings. The second-order valence-corrected chi connectivity index (χ2v) is 6.62. The number of hydrogen-bond acceptors (Lipinski definition) is 3. The molecule has 4 nitrogen and oxygen atoms in total. The van der Waals surface area contributed by atoms with Gasteiger partial charge < -0.3 is 10.1 Å². The van der Waals surface area contributed by atoms with E-state index in [0.717, 1.165) is 11.1 Å². The van der Waals surface area contributed by atoms with Gasteiger partial charge in [-0.1, -0.05) is 60.7 Å². The van der Waals surface area contributed by atoms with Crippen molar-refractivity contribution in [3.05, 3.63) is 71.8 Å². The molecule has 2 rings (SSSR count). The van der Waals surface area contributed by atoms with Gasteiger partial charge in [-0.2, -0.15) is 0 Å². The van der Waals surface area contributed by atoms with Crippen LogP contribution >= 0.6 is 0 Å². The van der Waals surface area contributed by atoms with Crippen molar-refractivity contribution in [3.63, 3.8) is 0 Å². The fourth-order valence-corrected chi connectivity index (χ4v) is 2.32. The first-order valence-corrected chi connectivity index (χ1v) is 7.96. The van der Waals surface area contributed by atoms with Crippen molar-refractivity contribution in [2.75, 3.05) is 0 Å². The van der Waals surface area contributed by atoms with Crippen LogP contribution in [0.25, 0.3) is 0 Å². The molecule has 0 radical (unpaired) electrons. The van der Waals surface area contributed by atoms with Crippen molar-refractivity contribution in [1.29, 1.82) is 0 Å². The van der Waals surface area contributed by atoms with E-state index in [1.807, 2.05) is 60.7 Å². The topological polar surface area (TPSA) is 55.4 Å². The number of carbonyl (C=O) groups excluding carboxylic acids is 2. The van der Waals surface area contributed by atoms with E-state index >= 15 is 0 Å². The van der Waals surface area contributed by atoms with Crippen LogP contribution in [0.4, 0.5) is 4.79 Å². The zero-order valence-corrected chi connectivity index (χ0v) is 14.3. The Hall–Kier alpha value is -2.62. The lowest BCUT2D eigenvalue weighted by Gasteiger charge is -2.23. The summed E-state index contributed by atoms with van der Waals surface area (Å²) < 4.78 is 5.29. The first kappa shape index (κ1) is 17.7. The minimum Gasteiger partial charge on any atom is -0.444 e. The molecule has 24 heavy (non-hydrogen) atoms. The molecule has 1 unspecified atom stereocenters. The number of hydrogen-bond donors (Lipinski definition) is 1. The van der Waals surface area contributed by atoms with E-state index in [1.54, 1.807) is 20.8 Å². The molecular weight excluding hydrogens is 302 g/mol. The average molecular weight is 325 g/mol. The molecule has 0 aliphatic rings. The summed E-state index contributed by atoms with van der Waals surface area (Å²) in [5, 5.41) is 2.70. The number of carbonyl (C=O) groups is 2. The molecule has 0 aromatic heterocycles. The van der Waals surface area contributed by atoms with Gasteiger partial charge in [-0.15, -0.1) is 0 Å². The SMILES string of the molecule is CC(C)(C)OC(=O)NC(C(=O)Cc1ccccc1)c1ccccc1. The molecule has 0 saturated carbocycles. The summed E-state index contributed by atoms with van der Waals surface area (Å²) in [5.74, 6) is -0.0849. The van der Waals surface area contributed by atoms with Crippen LogP contribution in [0, 0.1) is 0 Å². The molecule has 4 heteroatoms. The summed E-state index contributed by atoms with van der Waals surface area (Å²) in [7, 11) is 0. The van der Waals surface area contributed by atoms with E-state index in [2.05, 4.69) is 5.32 Å². The standard InChI is InChI=1S/C20H23NO3/c1-20(2,3)24-19(23)21-18(16-12-8-5-9-13-16)17(22)14-15-10-6-4-7-11-15/h4-13,18H,14H2,1-3H3,(H,21,23). The Bertz CT molecular complexity index is 675. The van der Waals surface area contributed by atoms with Crippen molar-refractivity contribution >= 4 is 11.9 Å². The van der Waals surface area contributed by atoms with Gasteiger partial charge >= 0.3 is 6.09 Å². The lowest BCUT2D eigenvalue weighted by atomic mass is 9.98. The zero-order chi connectivity index (χ0) is 17.6. The van der Waals surface area contributed by atoms with E-state index in [9.17, 15) is 9.59 Å². The van der Waals surface area contributed by atoms with Crippen LogP contribution < -0.4 is 5.32 Å². The van der Waals surface area contributed by atoms with Gasteiger partial charge in [-0.3, -0.25) is 4.79 Å². The highest BCUT2D eigenvalue weighted by Crippen LogP contribution is 2.18. The number of nitrogens with one attached hydrogen (secondary N) is 1. The van der Waals surface area contributed by atoms with Gasteiger partial charge in [0.15, 0.2) is 5.78 Å². The first-order valence-electron chi connectivity index (χ1n) is 7.96. The molecule has 1 atom stereocenters. The number of rotatable bonds is 5. The highest BCUT2D eigenvalue weighted by Gasteiger charge is 2.25. The van der Waals surface area contributed by atoms with E-state index in [0.29, 0.717) is 0 Å². The minimum atomic E-state index is -0.735. The smallest absolute Gasteiger partial charge is 0.408 e. The molecular formula is C20H23NO3. The van der Waals surface area contributed by atoms with Crippen LogP contribution in [0.1, 0.15) is 37.9 Å². The third kappa shape index (κ3) is 5.54. The average Bonchev–Trinajstić information content (AvgIpc) is 2.52. The number of ether oxygens (including phenoxy) is 1. The number of amides is 1. The highest BCUT2D eigenvalue weighted by molar-refractivity contribution is 5.90. The second kappa shape index (κ2) is 7.77. The molecule has 2 aromatic carbocycles. The number of ketones is 1. The van der Waals surface area contributed by atoms with E-state index in [4.69, 9.17) is 4.74 Å². The molecule has 0 spiro atoms. The van der Waals surface area contributed by atoms with Gasteiger partial charge in [0.2, 0.25) is 0 Å². The lowest BCUT2D eigenvalue weighted by molar-refractivity contribution is -0.120. The lowest BCUT2D eigenvalue weighted by Crippen LogP contribution is -2.38. The summed E-state index contributed by atoms with van der Waals surface area (Å²) in [5.41, 5.74) is 1.03. The molecule has 0 bridgehead atoms.